The zero-order valence-corrected chi connectivity index (χ0v) is 33.6. The molecular formula is C58H37N3O. The topological polar surface area (TPSA) is 51.8 Å². The molecule has 0 unspecified atom stereocenters. The predicted molar refractivity (Wildman–Crippen MR) is 252 cm³/mol. The molecule has 0 atom stereocenters. The summed E-state index contributed by atoms with van der Waals surface area (Å²) in [7, 11) is 0. The molecule has 0 saturated carbocycles. The number of fused-ring (bicyclic) bond motifs is 6. The molecule has 1 aliphatic rings. The van der Waals surface area contributed by atoms with Crippen LogP contribution in [0.5, 0.6) is 0 Å². The van der Waals surface area contributed by atoms with Gasteiger partial charge in [-0.05, 0) is 79.9 Å². The molecule has 2 heterocycles. The molecule has 290 valence electrons. The second-order valence-corrected chi connectivity index (χ2v) is 15.9. The third-order valence-corrected chi connectivity index (χ3v) is 12.4. The first-order chi connectivity index (χ1) is 30.7. The van der Waals surface area contributed by atoms with Crippen molar-refractivity contribution in [2.24, 2.45) is 0 Å². The normalized spacial score (nSPS) is 12.6. The summed E-state index contributed by atoms with van der Waals surface area (Å²) in [5, 5.41) is 2.20. The molecule has 4 heteroatoms. The highest BCUT2D eigenvalue weighted by molar-refractivity contribution is 6.13. The van der Waals surface area contributed by atoms with E-state index in [9.17, 15) is 0 Å². The van der Waals surface area contributed by atoms with Crippen LogP contribution < -0.4 is 0 Å². The summed E-state index contributed by atoms with van der Waals surface area (Å²) < 4.78 is 6.82. The summed E-state index contributed by atoms with van der Waals surface area (Å²) in [6.45, 7) is 0. The summed E-state index contributed by atoms with van der Waals surface area (Å²) >= 11 is 0. The highest BCUT2D eigenvalue weighted by atomic mass is 16.3. The molecule has 1 aliphatic carbocycles. The van der Waals surface area contributed by atoms with Crippen molar-refractivity contribution >= 4 is 21.9 Å². The molecule has 0 spiro atoms. The first-order valence-corrected chi connectivity index (χ1v) is 21.0. The van der Waals surface area contributed by atoms with Crippen LogP contribution in [0.2, 0.25) is 0 Å². The molecule has 0 radical (unpaired) electrons. The number of benzene rings is 9. The molecule has 62 heavy (non-hydrogen) atoms. The highest BCUT2D eigenvalue weighted by Gasteiger charge is 2.46. The molecule has 2 aromatic heterocycles. The zero-order valence-electron chi connectivity index (χ0n) is 33.6. The van der Waals surface area contributed by atoms with E-state index in [4.69, 9.17) is 19.4 Å². The average molecular weight is 792 g/mol. The first kappa shape index (κ1) is 35.7. The van der Waals surface area contributed by atoms with Crippen LogP contribution in [0.1, 0.15) is 22.3 Å². The SMILES string of the molecule is c1ccc(-c2nc(-c3ccccc3)nc(-c3cccc(-c4cccc(-c5cccc6oc7cc(C8(c9ccccc9)c9ccccc9-c9ccccc98)ccc7c56)c4)c3)n2)cc1. The molecule has 12 rings (SSSR count). The lowest BCUT2D eigenvalue weighted by molar-refractivity contribution is 0.665. The Balaban J connectivity index is 0.962. The van der Waals surface area contributed by atoms with Crippen LogP contribution in [0.4, 0.5) is 0 Å². The summed E-state index contributed by atoms with van der Waals surface area (Å²) in [6.07, 6.45) is 0. The Kier molecular flexibility index (Phi) is 8.36. The smallest absolute Gasteiger partial charge is 0.164 e. The molecule has 0 aliphatic heterocycles. The number of aromatic nitrogens is 3. The van der Waals surface area contributed by atoms with Crippen molar-refractivity contribution in [1.82, 2.24) is 15.0 Å². The largest absolute Gasteiger partial charge is 0.456 e. The summed E-state index contributed by atoms with van der Waals surface area (Å²) in [6, 6.07) is 79.3. The van der Waals surface area contributed by atoms with Gasteiger partial charge < -0.3 is 4.42 Å². The Morgan fingerprint density at radius 1 is 0.306 bits per heavy atom. The zero-order chi connectivity index (χ0) is 41.0. The van der Waals surface area contributed by atoms with Gasteiger partial charge in [0.1, 0.15) is 11.2 Å². The Hall–Kier alpha value is -8.21. The third kappa shape index (κ3) is 5.72. The molecule has 0 bridgehead atoms. The number of hydrogen-bond donors (Lipinski definition) is 0. The van der Waals surface area contributed by atoms with Gasteiger partial charge in [0.15, 0.2) is 17.5 Å². The van der Waals surface area contributed by atoms with Crippen molar-refractivity contribution in [3.8, 4) is 67.5 Å². The maximum atomic E-state index is 6.82. The van der Waals surface area contributed by atoms with Gasteiger partial charge in [0.2, 0.25) is 0 Å². The van der Waals surface area contributed by atoms with E-state index in [1.807, 2.05) is 60.7 Å². The minimum atomic E-state index is -0.499. The van der Waals surface area contributed by atoms with E-state index in [2.05, 4.69) is 164 Å². The monoisotopic (exact) mass is 791 g/mol. The quantitative estimate of drug-likeness (QED) is 0.161. The van der Waals surface area contributed by atoms with Gasteiger partial charge in [0.25, 0.3) is 0 Å². The molecule has 11 aromatic rings. The Labute approximate surface area is 359 Å². The number of furan rings is 1. The molecule has 0 saturated heterocycles. The number of nitrogens with zero attached hydrogens (tertiary/aromatic N) is 3. The van der Waals surface area contributed by atoms with Gasteiger partial charge in [-0.1, -0.05) is 200 Å². The van der Waals surface area contributed by atoms with E-state index < -0.39 is 5.41 Å². The minimum absolute atomic E-state index is 0.499. The van der Waals surface area contributed by atoms with Crippen LogP contribution in [-0.4, -0.2) is 15.0 Å². The molecule has 0 N–H and O–H groups in total. The standard InChI is InChI=1S/C58H37N3O/c1-4-17-38(18-5-1)55-59-56(39-19-6-2-7-20-39)61-57(60-55)43-24-15-22-41(36-43)40-21-14-23-42(35-40)46-29-16-32-52-54(46)49-34-33-45(37-53(49)62-52)58(44-25-8-3-9-26-44)50-30-12-10-27-47(50)48-28-11-13-31-51(48)58/h1-37H. The van der Waals surface area contributed by atoms with Crippen LogP contribution in [0.15, 0.2) is 229 Å². The van der Waals surface area contributed by atoms with E-state index >= 15 is 0 Å². The van der Waals surface area contributed by atoms with Crippen LogP contribution in [0.3, 0.4) is 0 Å². The maximum Gasteiger partial charge on any atom is 0.164 e. The van der Waals surface area contributed by atoms with Gasteiger partial charge >= 0.3 is 0 Å². The Bertz CT molecular complexity index is 3360. The molecular weight excluding hydrogens is 755 g/mol. The van der Waals surface area contributed by atoms with E-state index in [0.29, 0.717) is 17.5 Å². The van der Waals surface area contributed by atoms with Crippen molar-refractivity contribution in [2.75, 3.05) is 0 Å². The van der Waals surface area contributed by atoms with Gasteiger partial charge in [-0.3, -0.25) is 0 Å². The predicted octanol–water partition coefficient (Wildman–Crippen LogP) is 14.5. The van der Waals surface area contributed by atoms with Crippen LogP contribution in [0, 0.1) is 0 Å². The Morgan fingerprint density at radius 3 is 1.40 bits per heavy atom. The van der Waals surface area contributed by atoms with Crippen molar-refractivity contribution in [3.05, 3.63) is 247 Å². The molecule has 0 amide bonds. The van der Waals surface area contributed by atoms with Gasteiger partial charge in [0, 0.05) is 27.5 Å². The maximum absolute atomic E-state index is 6.82. The van der Waals surface area contributed by atoms with E-state index in [1.165, 1.54) is 33.4 Å². The fourth-order valence-corrected chi connectivity index (χ4v) is 9.65. The second kappa shape index (κ2) is 14.5. The van der Waals surface area contributed by atoms with Crippen LogP contribution in [0.25, 0.3) is 89.5 Å². The minimum Gasteiger partial charge on any atom is -0.456 e. The van der Waals surface area contributed by atoms with Gasteiger partial charge in [-0.2, -0.15) is 0 Å². The fourth-order valence-electron chi connectivity index (χ4n) is 9.65. The fraction of sp³-hybridized carbons (Fsp3) is 0.0172. The summed E-state index contributed by atoms with van der Waals surface area (Å²) in [4.78, 5) is 14.9. The van der Waals surface area contributed by atoms with E-state index in [-0.39, 0.29) is 0 Å². The highest BCUT2D eigenvalue weighted by Crippen LogP contribution is 2.56. The van der Waals surface area contributed by atoms with Crippen molar-refractivity contribution < 1.29 is 4.42 Å². The van der Waals surface area contributed by atoms with Crippen molar-refractivity contribution in [3.63, 3.8) is 0 Å². The Morgan fingerprint density at radius 2 is 0.774 bits per heavy atom. The lowest BCUT2D eigenvalue weighted by Crippen LogP contribution is -2.28. The van der Waals surface area contributed by atoms with Crippen LogP contribution in [-0.2, 0) is 5.41 Å². The number of hydrogen-bond acceptors (Lipinski definition) is 4. The lowest BCUT2D eigenvalue weighted by atomic mass is 9.67. The second-order valence-electron chi connectivity index (χ2n) is 15.9. The van der Waals surface area contributed by atoms with E-state index in [0.717, 1.165) is 60.9 Å². The van der Waals surface area contributed by atoms with Gasteiger partial charge in [-0.15, -0.1) is 0 Å². The number of rotatable bonds is 7. The van der Waals surface area contributed by atoms with Crippen LogP contribution >= 0.6 is 0 Å². The molecule has 0 fully saturated rings. The molecule has 4 nitrogen and oxygen atoms in total. The molecule has 9 aromatic carbocycles. The summed E-state index contributed by atoms with van der Waals surface area (Å²) in [5.41, 5.74) is 16.0. The first-order valence-electron chi connectivity index (χ1n) is 21.0. The average Bonchev–Trinajstić information content (AvgIpc) is 3.88. The summed E-state index contributed by atoms with van der Waals surface area (Å²) in [5.74, 6) is 1.91. The third-order valence-electron chi connectivity index (χ3n) is 12.4. The van der Waals surface area contributed by atoms with Gasteiger partial charge in [-0.25, -0.2) is 15.0 Å². The van der Waals surface area contributed by atoms with Crippen molar-refractivity contribution in [1.29, 1.82) is 0 Å². The lowest BCUT2D eigenvalue weighted by Gasteiger charge is -2.33. The van der Waals surface area contributed by atoms with E-state index in [1.54, 1.807) is 0 Å². The van der Waals surface area contributed by atoms with Crippen molar-refractivity contribution in [2.45, 2.75) is 5.41 Å². The van der Waals surface area contributed by atoms with Gasteiger partial charge in [0.05, 0.1) is 5.41 Å².